The van der Waals surface area contributed by atoms with Crippen molar-refractivity contribution in [3.05, 3.63) is 99.1 Å². The van der Waals surface area contributed by atoms with E-state index < -0.39 is 0 Å². The molecule has 3 aliphatic rings. The summed E-state index contributed by atoms with van der Waals surface area (Å²) in [6.07, 6.45) is 6.52. The number of likely N-dealkylation sites (N-methyl/N-ethyl adjacent to an activating group) is 2. The molecule has 234 valence electrons. The van der Waals surface area contributed by atoms with Crippen LogP contribution in [0.2, 0.25) is 0 Å². The highest BCUT2D eigenvalue weighted by Crippen LogP contribution is 2.46. The van der Waals surface area contributed by atoms with Crippen LogP contribution in [0.5, 0.6) is 11.5 Å². The van der Waals surface area contributed by atoms with E-state index in [9.17, 15) is 4.79 Å². The van der Waals surface area contributed by atoms with E-state index in [4.69, 9.17) is 9.47 Å². The average Bonchev–Trinajstić information content (AvgIpc) is 2.98. The van der Waals surface area contributed by atoms with Crippen LogP contribution in [0.1, 0.15) is 108 Å². The number of hydrogen-bond donors (Lipinski definition) is 0. The van der Waals surface area contributed by atoms with Crippen LogP contribution in [0.4, 0.5) is 5.69 Å². The van der Waals surface area contributed by atoms with Gasteiger partial charge in [0.2, 0.25) is 5.36 Å². The van der Waals surface area contributed by atoms with E-state index in [0.717, 1.165) is 59.3 Å². The molecule has 5 nitrogen and oxygen atoms in total. The fraction of sp³-hybridized carbons (Fsp3) is 0.400. The Bertz CT molecular complexity index is 1910. The standard InChI is InChI=1S/C40H47N2O3/c1-10-13-18-44-38(43)28-17-15-14-16-27(28)37-31-19-29-25(4)23-39(6,7)41(11-2)33(29)21-35(31)45-36-22-34-30(20-32(36)37)26(5)24-40(8,9)42(34)12-3/h14-17,19-24H,10-13,18H2,1-9H3/q+1. The zero-order chi connectivity index (χ0) is 32.3. The van der Waals surface area contributed by atoms with E-state index in [0.29, 0.717) is 12.2 Å². The van der Waals surface area contributed by atoms with E-state index in [-0.39, 0.29) is 17.0 Å². The number of fused-ring (bicyclic) bond motifs is 4. The quantitative estimate of drug-likeness (QED) is 0.123. The van der Waals surface area contributed by atoms with Gasteiger partial charge < -0.3 is 14.4 Å². The molecule has 0 fully saturated rings. The monoisotopic (exact) mass is 603 g/mol. The van der Waals surface area contributed by atoms with E-state index in [1.807, 2.05) is 18.2 Å². The molecule has 0 radical (unpaired) electrons. The summed E-state index contributed by atoms with van der Waals surface area (Å²) in [5.74, 6) is 1.32. The van der Waals surface area contributed by atoms with Crippen LogP contribution in [-0.2, 0) is 4.74 Å². The minimum atomic E-state index is -0.290. The maximum atomic E-state index is 13.6. The van der Waals surface area contributed by atoms with Gasteiger partial charge in [-0.25, -0.2) is 9.37 Å². The Hall–Kier alpha value is -4.12. The van der Waals surface area contributed by atoms with Crippen LogP contribution in [0.25, 0.3) is 16.7 Å². The number of allylic oxidation sites excluding steroid dienone is 2. The summed E-state index contributed by atoms with van der Waals surface area (Å²) in [5.41, 5.74) is 9.22. The van der Waals surface area contributed by atoms with Crippen molar-refractivity contribution >= 4 is 28.4 Å². The van der Waals surface area contributed by atoms with Gasteiger partial charge in [-0.15, -0.1) is 0 Å². The predicted molar refractivity (Wildman–Crippen MR) is 186 cm³/mol. The van der Waals surface area contributed by atoms with Gasteiger partial charge in [0.05, 0.1) is 23.8 Å². The van der Waals surface area contributed by atoms with Crippen LogP contribution in [-0.4, -0.2) is 36.7 Å². The van der Waals surface area contributed by atoms with Crippen molar-refractivity contribution in [3.8, 4) is 11.5 Å². The zero-order valence-electron chi connectivity index (χ0n) is 28.4. The molecule has 45 heavy (non-hydrogen) atoms. The van der Waals surface area contributed by atoms with Gasteiger partial charge in [-0.05, 0) is 88.9 Å². The first-order chi connectivity index (χ1) is 21.4. The van der Waals surface area contributed by atoms with Crippen molar-refractivity contribution in [2.24, 2.45) is 0 Å². The number of ether oxygens (including phenoxy) is 2. The molecule has 0 spiro atoms. The third-order valence-electron chi connectivity index (χ3n) is 9.70. The molecular formula is C40H47N2O3+. The fourth-order valence-electron chi connectivity index (χ4n) is 7.74. The second-order valence-corrected chi connectivity index (χ2v) is 13.7. The maximum Gasteiger partial charge on any atom is 0.338 e. The highest BCUT2D eigenvalue weighted by Gasteiger charge is 2.36. The van der Waals surface area contributed by atoms with Crippen LogP contribution in [0.15, 0.2) is 60.7 Å². The number of hydrogen-bond acceptors (Lipinski definition) is 4. The van der Waals surface area contributed by atoms with Crippen LogP contribution >= 0.6 is 0 Å². The van der Waals surface area contributed by atoms with E-state index in [1.165, 1.54) is 33.3 Å². The average molecular weight is 604 g/mol. The lowest BCUT2D eigenvalue weighted by Crippen LogP contribution is -2.49. The highest BCUT2D eigenvalue weighted by molar-refractivity contribution is 6.00. The van der Waals surface area contributed by atoms with Crippen molar-refractivity contribution in [1.82, 2.24) is 4.58 Å². The maximum absolute atomic E-state index is 13.6. The topological polar surface area (TPSA) is 41.8 Å². The third-order valence-corrected chi connectivity index (χ3v) is 9.70. The summed E-state index contributed by atoms with van der Waals surface area (Å²) < 4.78 is 15.1. The van der Waals surface area contributed by atoms with Crippen LogP contribution in [0, 0.1) is 0 Å². The second kappa shape index (κ2) is 11.3. The van der Waals surface area contributed by atoms with Crippen molar-refractivity contribution in [2.75, 3.05) is 24.6 Å². The summed E-state index contributed by atoms with van der Waals surface area (Å²) in [4.78, 5) is 16.0. The lowest BCUT2D eigenvalue weighted by Gasteiger charge is -2.43. The van der Waals surface area contributed by atoms with Gasteiger partial charge in [0.15, 0.2) is 5.54 Å². The summed E-state index contributed by atoms with van der Waals surface area (Å²) >= 11 is 0. The molecule has 0 unspecified atom stereocenters. The molecule has 0 atom stereocenters. The molecule has 0 N–H and O–H groups in total. The van der Waals surface area contributed by atoms with Gasteiger partial charge >= 0.3 is 5.97 Å². The molecule has 0 aromatic heterocycles. The third kappa shape index (κ3) is 5.10. The molecule has 3 heterocycles. The van der Waals surface area contributed by atoms with Gasteiger partial charge in [0, 0.05) is 59.6 Å². The van der Waals surface area contributed by atoms with E-state index in [2.05, 4.69) is 114 Å². The predicted octanol–water partition coefficient (Wildman–Crippen LogP) is 7.72. The zero-order valence-corrected chi connectivity index (χ0v) is 28.4. The Morgan fingerprint density at radius 1 is 0.867 bits per heavy atom. The molecule has 0 saturated heterocycles. The minimum Gasteiger partial charge on any atom is -0.462 e. The number of benzene rings is 3. The Morgan fingerprint density at radius 3 is 2.31 bits per heavy atom. The van der Waals surface area contributed by atoms with Gasteiger partial charge in [0.1, 0.15) is 18.0 Å². The van der Waals surface area contributed by atoms with Crippen molar-refractivity contribution in [2.45, 2.75) is 86.2 Å². The molecule has 3 aliphatic heterocycles. The first-order valence-corrected chi connectivity index (χ1v) is 16.5. The van der Waals surface area contributed by atoms with Crippen LogP contribution in [0.3, 0.4) is 0 Å². The lowest BCUT2D eigenvalue weighted by molar-refractivity contribution is 0.0499. The van der Waals surface area contributed by atoms with Gasteiger partial charge in [-0.1, -0.05) is 37.6 Å². The number of esters is 1. The fourth-order valence-corrected chi connectivity index (χ4v) is 7.74. The molecule has 0 aliphatic carbocycles. The Balaban J connectivity index is 1.71. The molecule has 6 rings (SSSR count). The molecule has 0 bridgehead atoms. The molecule has 3 aromatic rings. The van der Waals surface area contributed by atoms with Crippen molar-refractivity contribution in [3.63, 3.8) is 0 Å². The van der Waals surface area contributed by atoms with E-state index >= 15 is 0 Å². The number of rotatable bonds is 7. The summed E-state index contributed by atoms with van der Waals surface area (Å²) in [6.45, 7) is 22.1. The Labute approximate surface area is 268 Å². The lowest BCUT2D eigenvalue weighted by atomic mass is 9.83. The summed E-state index contributed by atoms with van der Waals surface area (Å²) in [6, 6.07) is 16.8. The molecular weight excluding hydrogens is 556 g/mol. The van der Waals surface area contributed by atoms with Crippen molar-refractivity contribution in [1.29, 1.82) is 0 Å². The number of carbonyl (C=O) groups excluding carboxylic acids is 1. The van der Waals surface area contributed by atoms with E-state index in [1.54, 1.807) is 0 Å². The number of nitrogens with zero attached hydrogens (tertiary/aromatic N) is 2. The number of anilines is 1. The molecule has 3 aromatic carbocycles. The molecule has 5 heteroatoms. The first kappa shape index (κ1) is 30.9. The van der Waals surface area contributed by atoms with Gasteiger partial charge in [-0.2, -0.15) is 0 Å². The Morgan fingerprint density at radius 2 is 1.60 bits per heavy atom. The highest BCUT2D eigenvalue weighted by atomic mass is 16.5. The van der Waals surface area contributed by atoms with Crippen molar-refractivity contribution < 1.29 is 14.3 Å². The number of unbranched alkanes of at least 4 members (excludes halogenated alkanes) is 1. The molecule has 0 amide bonds. The normalized spacial score (nSPS) is 17.3. The summed E-state index contributed by atoms with van der Waals surface area (Å²) in [7, 11) is 0. The minimum absolute atomic E-state index is 0.121. The SMILES string of the molecule is CCCCOC(=O)c1ccccc1C1=c2cc3c(cc2Oc2cc4c(cc21)C(C)=CC(C)(C)N4CC)=[N+](CC)C(C)(C)C=C3C. The molecule has 0 saturated carbocycles. The van der Waals surface area contributed by atoms with Crippen LogP contribution < -0.4 is 24.8 Å². The Kier molecular flexibility index (Phi) is 7.79. The first-order valence-electron chi connectivity index (χ1n) is 16.5. The number of carbonyl (C=O) groups is 1. The van der Waals surface area contributed by atoms with Gasteiger partial charge in [0.25, 0.3) is 0 Å². The summed E-state index contributed by atoms with van der Waals surface area (Å²) in [5, 5.41) is 2.16. The smallest absolute Gasteiger partial charge is 0.338 e. The second-order valence-electron chi connectivity index (χ2n) is 13.7. The largest absolute Gasteiger partial charge is 0.462 e. The van der Waals surface area contributed by atoms with Gasteiger partial charge in [-0.3, -0.25) is 0 Å².